The van der Waals surface area contributed by atoms with Crippen molar-refractivity contribution in [3.63, 3.8) is 0 Å². The second-order valence-corrected chi connectivity index (χ2v) is 4.72. The molecule has 2 aromatic rings. The number of carbonyl (C=O) groups is 1. The molecule has 1 aromatic carbocycles. The van der Waals surface area contributed by atoms with Gasteiger partial charge in [0, 0.05) is 17.4 Å². The van der Waals surface area contributed by atoms with Crippen LogP contribution in [0.2, 0.25) is 0 Å². The van der Waals surface area contributed by atoms with E-state index in [2.05, 4.69) is 15.7 Å². The van der Waals surface area contributed by atoms with Crippen LogP contribution in [0.4, 0.5) is 11.5 Å². The Morgan fingerprint density at radius 3 is 2.57 bits per heavy atom. The van der Waals surface area contributed by atoms with E-state index < -0.39 is 0 Å². The molecule has 110 valence electrons. The highest BCUT2D eigenvalue weighted by atomic mass is 16.5. The number of hydrogen-bond acceptors (Lipinski definition) is 5. The van der Waals surface area contributed by atoms with Crippen LogP contribution < -0.4 is 21.3 Å². The number of nitrogens with two attached hydrogens (primary N) is 1. The Bertz CT molecular complexity index is 611. The largest absolute Gasteiger partial charge is 0.491 e. The molecule has 0 saturated heterocycles. The first-order valence-corrected chi connectivity index (χ1v) is 6.59. The topological polar surface area (TPSA) is 89.3 Å². The third kappa shape index (κ3) is 4.19. The molecule has 1 amide bonds. The van der Waals surface area contributed by atoms with Crippen LogP contribution in [-0.2, 0) is 0 Å². The highest BCUT2D eigenvalue weighted by Gasteiger charge is 2.07. The first-order chi connectivity index (χ1) is 10.1. The van der Waals surface area contributed by atoms with Crippen LogP contribution in [-0.4, -0.2) is 17.0 Å². The van der Waals surface area contributed by atoms with Gasteiger partial charge in [-0.25, -0.2) is 10.8 Å². The molecular formula is C15H18N4O2. The van der Waals surface area contributed by atoms with E-state index in [0.717, 1.165) is 5.75 Å². The van der Waals surface area contributed by atoms with E-state index in [9.17, 15) is 4.79 Å². The van der Waals surface area contributed by atoms with E-state index >= 15 is 0 Å². The number of benzene rings is 1. The van der Waals surface area contributed by atoms with Crippen LogP contribution in [0, 0.1) is 0 Å². The first kappa shape index (κ1) is 14.8. The van der Waals surface area contributed by atoms with Crippen molar-refractivity contribution < 1.29 is 9.53 Å². The molecule has 0 aliphatic rings. The molecule has 0 radical (unpaired) electrons. The number of nitrogens with zero attached hydrogens (tertiary/aromatic N) is 1. The van der Waals surface area contributed by atoms with Crippen molar-refractivity contribution in [2.24, 2.45) is 5.84 Å². The summed E-state index contributed by atoms with van der Waals surface area (Å²) in [4.78, 5) is 16.1. The molecule has 1 aromatic heterocycles. The lowest BCUT2D eigenvalue weighted by atomic mass is 10.2. The zero-order valence-electron chi connectivity index (χ0n) is 12.0. The van der Waals surface area contributed by atoms with Crippen LogP contribution in [0.15, 0.2) is 42.6 Å². The summed E-state index contributed by atoms with van der Waals surface area (Å²) in [5, 5.41) is 2.80. The smallest absolute Gasteiger partial charge is 0.255 e. The third-order valence-corrected chi connectivity index (χ3v) is 2.65. The molecule has 1 heterocycles. The SMILES string of the molecule is CC(C)Oc1ccc(NC(=O)c2ccnc(NN)c2)cc1. The Labute approximate surface area is 123 Å². The normalized spacial score (nSPS) is 10.3. The van der Waals surface area contributed by atoms with Gasteiger partial charge in [0.25, 0.3) is 5.91 Å². The Kier molecular flexibility index (Phi) is 4.73. The molecule has 0 atom stereocenters. The minimum absolute atomic E-state index is 0.115. The lowest BCUT2D eigenvalue weighted by Gasteiger charge is -2.11. The molecule has 4 N–H and O–H groups in total. The Balaban J connectivity index is 2.05. The summed E-state index contributed by atoms with van der Waals surface area (Å²) in [5.74, 6) is 6.24. The average Bonchev–Trinajstić information content (AvgIpc) is 2.49. The predicted octanol–water partition coefficient (Wildman–Crippen LogP) is 2.41. The van der Waals surface area contributed by atoms with Crippen molar-refractivity contribution in [3.8, 4) is 5.75 Å². The number of hydrazine groups is 1. The molecule has 0 unspecified atom stereocenters. The molecule has 6 nitrogen and oxygen atoms in total. The van der Waals surface area contributed by atoms with Gasteiger partial charge in [0.2, 0.25) is 0 Å². The fraction of sp³-hybridized carbons (Fsp3) is 0.200. The highest BCUT2D eigenvalue weighted by Crippen LogP contribution is 2.17. The second kappa shape index (κ2) is 6.71. The number of pyridine rings is 1. The minimum Gasteiger partial charge on any atom is -0.491 e. The van der Waals surface area contributed by atoms with E-state index in [1.54, 1.807) is 24.3 Å². The Morgan fingerprint density at radius 2 is 1.95 bits per heavy atom. The van der Waals surface area contributed by atoms with E-state index in [4.69, 9.17) is 10.6 Å². The predicted molar refractivity (Wildman–Crippen MR) is 82.2 cm³/mol. The lowest BCUT2D eigenvalue weighted by molar-refractivity contribution is 0.102. The van der Waals surface area contributed by atoms with E-state index in [1.807, 2.05) is 26.0 Å². The number of amides is 1. The van der Waals surface area contributed by atoms with Crippen LogP contribution in [0.25, 0.3) is 0 Å². The van der Waals surface area contributed by atoms with Gasteiger partial charge in [-0.3, -0.25) is 4.79 Å². The molecule has 0 spiro atoms. The van der Waals surface area contributed by atoms with E-state index in [0.29, 0.717) is 17.1 Å². The van der Waals surface area contributed by atoms with Crippen molar-refractivity contribution in [1.29, 1.82) is 0 Å². The maximum Gasteiger partial charge on any atom is 0.255 e. The van der Waals surface area contributed by atoms with Crippen LogP contribution in [0.5, 0.6) is 5.75 Å². The van der Waals surface area contributed by atoms with Gasteiger partial charge in [0.05, 0.1) is 6.10 Å². The van der Waals surface area contributed by atoms with Crippen molar-refractivity contribution in [3.05, 3.63) is 48.2 Å². The molecule has 0 saturated carbocycles. The zero-order chi connectivity index (χ0) is 15.2. The van der Waals surface area contributed by atoms with Crippen LogP contribution in [0.1, 0.15) is 24.2 Å². The number of hydrogen-bond donors (Lipinski definition) is 3. The van der Waals surface area contributed by atoms with Crippen LogP contribution in [0.3, 0.4) is 0 Å². The number of ether oxygens (including phenoxy) is 1. The Hall–Kier alpha value is -2.60. The van der Waals surface area contributed by atoms with Crippen molar-refractivity contribution in [1.82, 2.24) is 4.98 Å². The Morgan fingerprint density at radius 1 is 1.24 bits per heavy atom. The zero-order valence-corrected chi connectivity index (χ0v) is 12.0. The summed E-state index contributed by atoms with van der Waals surface area (Å²) in [6.07, 6.45) is 1.63. The quantitative estimate of drug-likeness (QED) is 0.580. The number of rotatable bonds is 5. The summed E-state index contributed by atoms with van der Waals surface area (Å²) in [6.45, 7) is 3.92. The summed E-state index contributed by atoms with van der Waals surface area (Å²) in [5.41, 5.74) is 3.57. The van der Waals surface area contributed by atoms with Crippen molar-refractivity contribution in [2.45, 2.75) is 20.0 Å². The fourth-order valence-corrected chi connectivity index (χ4v) is 1.74. The van der Waals surface area contributed by atoms with Gasteiger partial charge in [-0.2, -0.15) is 0 Å². The first-order valence-electron chi connectivity index (χ1n) is 6.59. The van der Waals surface area contributed by atoms with Crippen LogP contribution >= 0.6 is 0 Å². The molecule has 6 heteroatoms. The van der Waals surface area contributed by atoms with Gasteiger partial charge in [-0.15, -0.1) is 0 Å². The standard InChI is InChI=1S/C15H18N4O2/c1-10(2)21-13-5-3-12(4-6-13)18-15(20)11-7-8-17-14(9-11)19-16/h3-10H,16H2,1-2H3,(H,17,19)(H,18,20). The third-order valence-electron chi connectivity index (χ3n) is 2.65. The molecule has 0 aliphatic carbocycles. The molecular weight excluding hydrogens is 268 g/mol. The minimum atomic E-state index is -0.230. The van der Waals surface area contributed by atoms with Gasteiger partial charge >= 0.3 is 0 Å². The molecule has 21 heavy (non-hydrogen) atoms. The van der Waals surface area contributed by atoms with Gasteiger partial charge in [0.15, 0.2) is 0 Å². The van der Waals surface area contributed by atoms with E-state index in [-0.39, 0.29) is 12.0 Å². The lowest BCUT2D eigenvalue weighted by Crippen LogP contribution is -2.14. The fourth-order valence-electron chi connectivity index (χ4n) is 1.74. The van der Waals surface area contributed by atoms with Gasteiger partial charge in [0.1, 0.15) is 11.6 Å². The average molecular weight is 286 g/mol. The molecule has 0 bridgehead atoms. The summed E-state index contributed by atoms with van der Waals surface area (Å²) in [6, 6.07) is 10.4. The van der Waals surface area contributed by atoms with Gasteiger partial charge < -0.3 is 15.5 Å². The second-order valence-electron chi connectivity index (χ2n) is 4.72. The number of nitrogen functional groups attached to an aromatic ring is 1. The monoisotopic (exact) mass is 286 g/mol. The molecule has 0 fully saturated rings. The number of nitrogens with one attached hydrogen (secondary N) is 2. The number of anilines is 2. The summed E-state index contributed by atoms with van der Waals surface area (Å²) >= 11 is 0. The van der Waals surface area contributed by atoms with Gasteiger partial charge in [-0.05, 0) is 50.2 Å². The summed E-state index contributed by atoms with van der Waals surface area (Å²) in [7, 11) is 0. The van der Waals surface area contributed by atoms with E-state index in [1.165, 1.54) is 6.20 Å². The maximum absolute atomic E-state index is 12.1. The maximum atomic E-state index is 12.1. The number of carbonyl (C=O) groups excluding carboxylic acids is 1. The summed E-state index contributed by atoms with van der Waals surface area (Å²) < 4.78 is 5.55. The highest BCUT2D eigenvalue weighted by molar-refractivity contribution is 6.04. The molecule has 0 aliphatic heterocycles. The van der Waals surface area contributed by atoms with Crippen molar-refractivity contribution >= 4 is 17.4 Å². The molecule has 2 rings (SSSR count). The van der Waals surface area contributed by atoms with Gasteiger partial charge in [-0.1, -0.05) is 0 Å². The van der Waals surface area contributed by atoms with Crippen molar-refractivity contribution in [2.75, 3.05) is 10.7 Å². The number of aromatic nitrogens is 1.